The third-order valence-electron chi connectivity index (χ3n) is 3.91. The second-order valence-electron chi connectivity index (χ2n) is 5.59. The van der Waals surface area contributed by atoms with E-state index in [-0.39, 0.29) is 0 Å². The fourth-order valence-electron chi connectivity index (χ4n) is 2.26. The average molecular weight is 358 g/mol. The van der Waals surface area contributed by atoms with Crippen LogP contribution in [0.4, 0.5) is 0 Å². The molecular weight excluding hydrogens is 332 g/mol. The van der Waals surface area contributed by atoms with Gasteiger partial charge in [-0.05, 0) is 19.1 Å². The first-order valence-electron chi connectivity index (χ1n) is 8.27. The van der Waals surface area contributed by atoms with Gasteiger partial charge in [-0.3, -0.25) is 0 Å². The molecule has 1 aromatic heterocycles. The van der Waals surface area contributed by atoms with Crippen LogP contribution in [-0.4, -0.2) is 41.5 Å². The topological polar surface area (TPSA) is 85.6 Å². The van der Waals surface area contributed by atoms with Crippen LogP contribution < -0.4 is 20.1 Å². The van der Waals surface area contributed by atoms with Crippen LogP contribution in [0.25, 0.3) is 0 Å². The second-order valence-corrected chi connectivity index (χ2v) is 5.59. The van der Waals surface area contributed by atoms with Gasteiger partial charge in [0.1, 0.15) is 17.3 Å². The number of benzene rings is 1. The highest BCUT2D eigenvalue weighted by Crippen LogP contribution is 2.25. The van der Waals surface area contributed by atoms with Crippen LogP contribution in [-0.2, 0) is 20.1 Å². The molecule has 1 heterocycles. The molecule has 2 N–H and O–H groups in total. The maximum atomic E-state index is 5.42. The van der Waals surface area contributed by atoms with Gasteiger partial charge in [-0.1, -0.05) is 6.08 Å². The Bertz CT molecular complexity index is 769. The molecule has 0 aliphatic rings. The number of ether oxygens (including phenoxy) is 2. The number of aryl methyl sites for hydroxylation is 1. The Kier molecular flexibility index (Phi) is 7.02. The Morgan fingerprint density at radius 2 is 2.08 bits per heavy atom. The van der Waals surface area contributed by atoms with Gasteiger partial charge in [-0.25, -0.2) is 4.99 Å². The summed E-state index contributed by atoms with van der Waals surface area (Å²) in [6, 6.07) is 5.68. The number of aliphatic imine (C=N–C) groups is 1. The Balaban J connectivity index is 2.10. The minimum absolute atomic E-state index is 0.456. The van der Waals surface area contributed by atoms with E-state index in [2.05, 4.69) is 32.4 Å². The van der Waals surface area contributed by atoms with Gasteiger partial charge in [-0.15, -0.1) is 16.8 Å². The van der Waals surface area contributed by atoms with Crippen molar-refractivity contribution < 1.29 is 9.47 Å². The molecule has 0 saturated carbocycles. The number of aromatic nitrogens is 3. The van der Waals surface area contributed by atoms with E-state index >= 15 is 0 Å². The van der Waals surface area contributed by atoms with Crippen LogP contribution in [0.3, 0.4) is 0 Å². The van der Waals surface area contributed by atoms with Crippen molar-refractivity contribution in [1.82, 2.24) is 25.4 Å². The Hall–Kier alpha value is -3.03. The number of hydrogen-bond donors (Lipinski definition) is 2. The lowest BCUT2D eigenvalue weighted by atomic mass is 10.2. The van der Waals surface area contributed by atoms with Crippen molar-refractivity contribution in [2.24, 2.45) is 12.0 Å². The summed E-state index contributed by atoms with van der Waals surface area (Å²) in [6.07, 6.45) is 1.78. The minimum atomic E-state index is 0.456. The van der Waals surface area contributed by atoms with E-state index in [1.54, 1.807) is 20.3 Å². The van der Waals surface area contributed by atoms with Crippen molar-refractivity contribution in [3.63, 3.8) is 0 Å². The first-order chi connectivity index (χ1) is 12.6. The molecule has 0 amide bonds. The predicted molar refractivity (Wildman–Crippen MR) is 101 cm³/mol. The van der Waals surface area contributed by atoms with E-state index in [1.807, 2.05) is 36.7 Å². The molecule has 0 radical (unpaired) electrons. The van der Waals surface area contributed by atoms with Crippen molar-refractivity contribution in [1.29, 1.82) is 0 Å². The number of methoxy groups -OCH3 is 2. The Morgan fingerprint density at radius 3 is 2.69 bits per heavy atom. The molecule has 26 heavy (non-hydrogen) atoms. The molecule has 8 heteroatoms. The van der Waals surface area contributed by atoms with E-state index in [4.69, 9.17) is 9.47 Å². The van der Waals surface area contributed by atoms with Gasteiger partial charge in [0.15, 0.2) is 11.8 Å². The molecule has 0 saturated heterocycles. The summed E-state index contributed by atoms with van der Waals surface area (Å²) in [4.78, 5) is 4.62. The minimum Gasteiger partial charge on any atom is -0.497 e. The highest BCUT2D eigenvalue weighted by atomic mass is 16.5. The monoisotopic (exact) mass is 358 g/mol. The molecule has 2 aromatic rings. The number of guanidine groups is 1. The molecule has 8 nitrogen and oxygen atoms in total. The van der Waals surface area contributed by atoms with Gasteiger partial charge in [-0.2, -0.15) is 0 Å². The summed E-state index contributed by atoms with van der Waals surface area (Å²) >= 11 is 0. The Labute approximate surface area is 153 Å². The summed E-state index contributed by atoms with van der Waals surface area (Å²) in [5.74, 6) is 3.83. The highest BCUT2D eigenvalue weighted by molar-refractivity contribution is 5.79. The van der Waals surface area contributed by atoms with Crippen molar-refractivity contribution >= 4 is 5.96 Å². The molecule has 140 valence electrons. The normalized spacial score (nSPS) is 11.2. The zero-order valence-corrected chi connectivity index (χ0v) is 15.7. The zero-order chi connectivity index (χ0) is 18.9. The zero-order valence-electron chi connectivity index (χ0n) is 15.7. The standard InChI is InChI=1S/C18H26N6O2/c1-6-9-19-18(21-12-17-23-22-13(2)24(17)3)20-11-14-7-8-15(25-4)10-16(14)26-5/h6-8,10H,1,9,11-12H2,2-5H3,(H2,19,20,21). The lowest BCUT2D eigenvalue weighted by Crippen LogP contribution is -2.37. The fourth-order valence-corrected chi connectivity index (χ4v) is 2.26. The lowest BCUT2D eigenvalue weighted by molar-refractivity contribution is 0.391. The van der Waals surface area contributed by atoms with Gasteiger partial charge in [0, 0.05) is 25.2 Å². The summed E-state index contributed by atoms with van der Waals surface area (Å²) in [7, 11) is 5.19. The summed E-state index contributed by atoms with van der Waals surface area (Å²) < 4.78 is 12.6. The molecule has 0 spiro atoms. The smallest absolute Gasteiger partial charge is 0.192 e. The highest BCUT2D eigenvalue weighted by Gasteiger charge is 2.08. The average Bonchev–Trinajstić information content (AvgIpc) is 2.99. The van der Waals surface area contributed by atoms with E-state index in [0.29, 0.717) is 25.6 Å². The van der Waals surface area contributed by atoms with Crippen molar-refractivity contribution in [2.45, 2.75) is 20.0 Å². The van der Waals surface area contributed by atoms with Crippen LogP contribution in [0.5, 0.6) is 11.5 Å². The van der Waals surface area contributed by atoms with Gasteiger partial charge in [0.25, 0.3) is 0 Å². The van der Waals surface area contributed by atoms with Gasteiger partial charge >= 0.3 is 0 Å². The molecular formula is C18H26N6O2. The maximum absolute atomic E-state index is 5.42. The van der Waals surface area contributed by atoms with Crippen LogP contribution in [0.15, 0.2) is 35.8 Å². The maximum Gasteiger partial charge on any atom is 0.192 e. The summed E-state index contributed by atoms with van der Waals surface area (Å²) in [5, 5.41) is 14.7. The first kappa shape index (κ1) is 19.3. The van der Waals surface area contributed by atoms with Gasteiger partial charge in [0.05, 0.1) is 27.3 Å². The predicted octanol–water partition coefficient (Wildman–Crippen LogP) is 1.56. The molecule has 1 aromatic carbocycles. The van der Waals surface area contributed by atoms with Crippen molar-refractivity contribution in [2.75, 3.05) is 20.8 Å². The largest absolute Gasteiger partial charge is 0.497 e. The SMILES string of the molecule is C=CCNC(=NCc1ccc(OC)cc1OC)NCc1nnc(C)n1C. The molecule has 0 aliphatic heterocycles. The third kappa shape index (κ3) is 4.98. The number of hydrogen-bond acceptors (Lipinski definition) is 5. The number of rotatable bonds is 8. The molecule has 2 rings (SSSR count). The van der Waals surface area contributed by atoms with Crippen LogP contribution in [0.2, 0.25) is 0 Å². The van der Waals surface area contributed by atoms with Crippen molar-refractivity contribution in [3.8, 4) is 11.5 Å². The quantitative estimate of drug-likeness (QED) is 0.423. The van der Waals surface area contributed by atoms with Crippen LogP contribution >= 0.6 is 0 Å². The first-order valence-corrected chi connectivity index (χ1v) is 8.27. The number of nitrogens with zero attached hydrogens (tertiary/aromatic N) is 4. The summed E-state index contributed by atoms with van der Waals surface area (Å²) in [6.45, 7) is 7.21. The second kappa shape index (κ2) is 9.45. The summed E-state index contributed by atoms with van der Waals surface area (Å²) in [5.41, 5.74) is 0.961. The molecule has 0 unspecified atom stereocenters. The third-order valence-corrected chi connectivity index (χ3v) is 3.91. The molecule has 0 atom stereocenters. The fraction of sp³-hybridized carbons (Fsp3) is 0.389. The lowest BCUT2D eigenvalue weighted by Gasteiger charge is -2.12. The molecule has 0 bridgehead atoms. The van der Waals surface area contributed by atoms with E-state index in [9.17, 15) is 0 Å². The van der Waals surface area contributed by atoms with E-state index in [0.717, 1.165) is 28.7 Å². The number of nitrogens with one attached hydrogen (secondary N) is 2. The Morgan fingerprint density at radius 1 is 1.27 bits per heavy atom. The van der Waals surface area contributed by atoms with Crippen LogP contribution in [0.1, 0.15) is 17.2 Å². The molecule has 0 aliphatic carbocycles. The van der Waals surface area contributed by atoms with Gasteiger partial charge in [0.2, 0.25) is 0 Å². The molecule has 0 fully saturated rings. The van der Waals surface area contributed by atoms with E-state index in [1.165, 1.54) is 0 Å². The van der Waals surface area contributed by atoms with Crippen LogP contribution in [0, 0.1) is 6.92 Å². The van der Waals surface area contributed by atoms with Crippen molar-refractivity contribution in [3.05, 3.63) is 48.1 Å². The van der Waals surface area contributed by atoms with E-state index < -0.39 is 0 Å². The van der Waals surface area contributed by atoms with Gasteiger partial charge < -0.3 is 24.7 Å².